The number of nitrogens with two attached hydrogens (primary N) is 2. The van der Waals surface area contributed by atoms with Crippen LogP contribution in [0.4, 0.5) is 5.69 Å². The Kier molecular flexibility index (Phi) is 12.3. The van der Waals surface area contributed by atoms with E-state index in [4.69, 9.17) is 16.2 Å². The third-order valence-electron chi connectivity index (χ3n) is 6.36. The molecule has 13 nitrogen and oxygen atoms in total. The first kappa shape index (κ1) is 33.1. The second kappa shape index (κ2) is 16.3. The van der Waals surface area contributed by atoms with E-state index < -0.39 is 0 Å². The number of aliphatic hydroxyl groups is 1. The van der Waals surface area contributed by atoms with Crippen LogP contribution in [0.3, 0.4) is 0 Å². The number of aromatic nitrogens is 1. The van der Waals surface area contributed by atoms with Gasteiger partial charge in [0.15, 0.2) is 17.5 Å². The van der Waals surface area contributed by atoms with Gasteiger partial charge in [-0.15, -0.1) is 0 Å². The van der Waals surface area contributed by atoms with Gasteiger partial charge in [0.1, 0.15) is 17.8 Å². The molecule has 0 atom stereocenters. The summed E-state index contributed by atoms with van der Waals surface area (Å²) in [4.78, 5) is 38.4. The molecule has 0 unspecified atom stereocenters. The van der Waals surface area contributed by atoms with Crippen LogP contribution in [0.15, 0.2) is 88.2 Å². The third kappa shape index (κ3) is 9.05. The average Bonchev–Trinajstić information content (AvgIpc) is 3.88. The van der Waals surface area contributed by atoms with E-state index >= 15 is 0 Å². The van der Waals surface area contributed by atoms with Crippen molar-refractivity contribution in [2.45, 2.75) is 19.4 Å². The molecule has 2 aliphatic rings. The van der Waals surface area contributed by atoms with Crippen LogP contribution >= 0.6 is 0 Å². The molecule has 232 valence electrons. The number of anilines is 1. The SMILES string of the molecule is CNC.COc1c(NC(=C/C(N)=NC(=O)C2CC2)/C(N)=C\O)cccc1C1=CNC(C(=C=O)N(C)Cc2ccccn2)=NC1. The van der Waals surface area contributed by atoms with Crippen molar-refractivity contribution in [2.24, 2.45) is 27.4 Å². The van der Waals surface area contributed by atoms with Gasteiger partial charge in [-0.2, -0.15) is 4.99 Å². The Morgan fingerprint density at radius 3 is 2.57 bits per heavy atom. The van der Waals surface area contributed by atoms with Crippen molar-refractivity contribution < 1.29 is 19.4 Å². The predicted octanol–water partition coefficient (Wildman–Crippen LogP) is 2.06. The van der Waals surface area contributed by atoms with Crippen LogP contribution < -0.4 is 32.2 Å². The molecule has 4 rings (SSSR count). The van der Waals surface area contributed by atoms with Crippen LogP contribution in [0.2, 0.25) is 0 Å². The van der Waals surface area contributed by atoms with E-state index in [1.807, 2.05) is 50.4 Å². The fraction of sp³-hybridized carbons (Fsp3) is 0.290. The quantitative estimate of drug-likeness (QED) is 0.0726. The Morgan fingerprint density at radius 1 is 1.25 bits per heavy atom. The van der Waals surface area contributed by atoms with Gasteiger partial charge in [-0.05, 0) is 45.1 Å². The van der Waals surface area contributed by atoms with Gasteiger partial charge in [0, 0.05) is 42.6 Å². The maximum absolute atomic E-state index is 12.0. The molecule has 1 amide bonds. The van der Waals surface area contributed by atoms with Crippen LogP contribution in [-0.4, -0.2) is 73.3 Å². The molecule has 1 saturated carbocycles. The number of carbonyl (C=O) groups excluding carboxylic acids is 2. The van der Waals surface area contributed by atoms with E-state index in [1.54, 1.807) is 30.4 Å². The number of amides is 1. The molecule has 0 spiro atoms. The minimum absolute atomic E-state index is 0.0229. The molecule has 1 aliphatic carbocycles. The molecule has 44 heavy (non-hydrogen) atoms. The van der Waals surface area contributed by atoms with Crippen LogP contribution in [0.25, 0.3) is 5.57 Å². The molecular weight excluding hydrogens is 562 g/mol. The van der Waals surface area contributed by atoms with Crippen molar-refractivity contribution in [1.29, 1.82) is 0 Å². The summed E-state index contributed by atoms with van der Waals surface area (Å²) in [5.41, 5.74) is 15.3. The summed E-state index contributed by atoms with van der Waals surface area (Å²) in [6.45, 7) is 0.671. The lowest BCUT2D eigenvalue weighted by atomic mass is 10.0. The second-order valence-corrected chi connectivity index (χ2v) is 9.91. The summed E-state index contributed by atoms with van der Waals surface area (Å²) in [7, 11) is 7.04. The van der Waals surface area contributed by atoms with E-state index in [2.05, 4.69) is 30.9 Å². The summed E-state index contributed by atoms with van der Waals surface area (Å²) < 4.78 is 5.73. The zero-order valence-corrected chi connectivity index (χ0v) is 25.3. The third-order valence-corrected chi connectivity index (χ3v) is 6.36. The number of hydrogen-bond acceptors (Lipinski definition) is 11. The molecule has 2 aromatic rings. The summed E-state index contributed by atoms with van der Waals surface area (Å²) >= 11 is 0. The van der Waals surface area contributed by atoms with Crippen molar-refractivity contribution in [2.75, 3.05) is 40.1 Å². The number of methoxy groups -OCH3 is 1. The number of ether oxygens (including phenoxy) is 1. The minimum atomic E-state index is -0.281. The largest absolute Gasteiger partial charge is 0.513 e. The summed E-state index contributed by atoms with van der Waals surface area (Å²) in [5, 5.41) is 18.5. The van der Waals surface area contributed by atoms with Crippen LogP contribution in [0, 0.1) is 5.92 Å². The normalized spacial score (nSPS) is 15.0. The van der Waals surface area contributed by atoms with Gasteiger partial charge in [-0.1, -0.05) is 18.2 Å². The van der Waals surface area contributed by atoms with Crippen molar-refractivity contribution >= 4 is 34.8 Å². The fourth-order valence-electron chi connectivity index (χ4n) is 4.08. The second-order valence-electron chi connectivity index (χ2n) is 9.91. The van der Waals surface area contributed by atoms with Crippen molar-refractivity contribution in [3.63, 3.8) is 0 Å². The maximum atomic E-state index is 12.0. The number of aliphatic imine (C=N–C) groups is 2. The first-order valence-corrected chi connectivity index (χ1v) is 13.9. The highest BCUT2D eigenvalue weighted by molar-refractivity contribution is 6.06. The number of aliphatic hydroxyl groups excluding tert-OH is 1. The van der Waals surface area contributed by atoms with Gasteiger partial charge < -0.3 is 42.2 Å². The molecule has 1 aliphatic heterocycles. The highest BCUT2D eigenvalue weighted by Gasteiger charge is 2.29. The lowest BCUT2D eigenvalue weighted by Crippen LogP contribution is -2.33. The van der Waals surface area contributed by atoms with Gasteiger partial charge in [-0.25, -0.2) is 4.79 Å². The first-order chi connectivity index (χ1) is 21.3. The summed E-state index contributed by atoms with van der Waals surface area (Å²) in [5.74, 6) is 2.42. The average molecular weight is 602 g/mol. The topological polar surface area (TPSA) is 193 Å². The van der Waals surface area contributed by atoms with Crippen molar-refractivity contribution in [3.8, 4) is 5.75 Å². The number of para-hydroxylation sites is 1. The number of pyridine rings is 1. The fourth-order valence-corrected chi connectivity index (χ4v) is 4.08. The van der Waals surface area contributed by atoms with E-state index in [0.717, 1.165) is 35.9 Å². The number of rotatable bonds is 11. The van der Waals surface area contributed by atoms with Gasteiger partial charge >= 0.3 is 0 Å². The smallest absolute Gasteiger partial charge is 0.250 e. The molecule has 0 radical (unpaired) electrons. The highest BCUT2D eigenvalue weighted by atomic mass is 16.5. The Bertz CT molecular complexity index is 1520. The lowest BCUT2D eigenvalue weighted by Gasteiger charge is -2.24. The number of nitrogens with zero attached hydrogens (tertiary/aromatic N) is 4. The molecule has 1 fully saturated rings. The van der Waals surface area contributed by atoms with Crippen LogP contribution in [0.1, 0.15) is 24.1 Å². The Labute approximate surface area is 256 Å². The number of amidine groups is 2. The molecule has 1 aromatic heterocycles. The molecule has 13 heteroatoms. The maximum Gasteiger partial charge on any atom is 0.250 e. The summed E-state index contributed by atoms with van der Waals surface area (Å²) in [6, 6.07) is 11.0. The lowest BCUT2D eigenvalue weighted by molar-refractivity contribution is -0.118. The zero-order valence-electron chi connectivity index (χ0n) is 25.3. The van der Waals surface area contributed by atoms with E-state index in [0.29, 0.717) is 23.8 Å². The Hall–Kier alpha value is -5.39. The zero-order chi connectivity index (χ0) is 32.1. The molecule has 0 saturated heterocycles. The van der Waals surface area contributed by atoms with Gasteiger partial charge in [0.25, 0.3) is 5.91 Å². The number of hydrogen-bond donors (Lipinski definition) is 6. The summed E-state index contributed by atoms with van der Waals surface area (Å²) in [6.07, 6.45) is 7.15. The van der Waals surface area contributed by atoms with Gasteiger partial charge in [-0.3, -0.25) is 14.8 Å². The molecular formula is C31H39N9O4. The van der Waals surface area contributed by atoms with Gasteiger partial charge in [0.05, 0.1) is 43.0 Å². The van der Waals surface area contributed by atoms with E-state index in [9.17, 15) is 14.7 Å². The van der Waals surface area contributed by atoms with Gasteiger partial charge in [0.2, 0.25) is 0 Å². The molecule has 1 aromatic carbocycles. The van der Waals surface area contributed by atoms with Crippen LogP contribution in [-0.2, 0) is 16.1 Å². The van der Waals surface area contributed by atoms with Crippen molar-refractivity contribution in [1.82, 2.24) is 20.5 Å². The van der Waals surface area contributed by atoms with Crippen LogP contribution in [0.5, 0.6) is 5.75 Å². The number of nitrogens with one attached hydrogen (secondary N) is 3. The van der Waals surface area contributed by atoms with Crippen molar-refractivity contribution in [3.05, 3.63) is 89.5 Å². The molecule has 0 bridgehead atoms. The van der Waals surface area contributed by atoms with E-state index in [1.165, 1.54) is 13.2 Å². The molecule has 2 heterocycles. The highest BCUT2D eigenvalue weighted by Crippen LogP contribution is 2.35. The number of carbonyl (C=O) groups is 1. The Balaban J connectivity index is 0.00000169. The first-order valence-electron chi connectivity index (χ1n) is 13.9. The monoisotopic (exact) mass is 601 g/mol. The minimum Gasteiger partial charge on any atom is -0.513 e. The number of likely N-dealkylation sites (N-methyl/N-ethyl adjacent to an activating group) is 1. The molecule has 8 N–H and O–H groups in total. The number of benzene rings is 1. The van der Waals surface area contributed by atoms with E-state index in [-0.39, 0.29) is 41.3 Å². The Morgan fingerprint density at radius 2 is 2.00 bits per heavy atom. The standard InChI is InChI=1S/C29H32N8O4.C2H7N/c1-37(15-20-6-3-4-11-32-20)25(17-39)28-33-13-19(14-34-28)21-7-5-8-23(27(21)41-2)35-24(22(30)16-38)12-26(31)36-29(40)18-9-10-18;1-3-2/h3-8,11-13,16,18,35,38H,9-10,14-15,30H2,1-2H3,(H,33,34)(H2,31,36,40);3H,1-2H3/b22-16+,24-12+;. The predicted molar refractivity (Wildman–Crippen MR) is 172 cm³/mol.